The quantitative estimate of drug-likeness (QED) is 0.711. The van der Waals surface area contributed by atoms with Crippen molar-refractivity contribution in [1.82, 2.24) is 10.6 Å². The van der Waals surface area contributed by atoms with E-state index in [0.29, 0.717) is 6.54 Å². The number of benzene rings is 1. The summed E-state index contributed by atoms with van der Waals surface area (Å²) in [4.78, 5) is 11.6. The lowest BCUT2D eigenvalue weighted by atomic mass is 10.0. The van der Waals surface area contributed by atoms with Gasteiger partial charge in [-0.15, -0.1) is 0 Å². The standard InChI is InChI=1S/C10H11BrN2O2/c11-8-5-6(14)1-2-7(8)9-10(15)13-4-3-12-9/h1-2,5,9,12,14H,3-4H2,(H,13,15). The number of halogens is 1. The number of carbonyl (C=O) groups is 1. The number of carbonyl (C=O) groups excluding carboxylic acids is 1. The second-order valence-electron chi connectivity index (χ2n) is 3.38. The van der Waals surface area contributed by atoms with Crippen molar-refractivity contribution in [3.8, 4) is 5.75 Å². The van der Waals surface area contributed by atoms with Crippen LogP contribution in [-0.2, 0) is 4.79 Å². The lowest BCUT2D eigenvalue weighted by Gasteiger charge is -2.24. The molecule has 1 aliphatic rings. The fraction of sp³-hybridized carbons (Fsp3) is 0.300. The van der Waals surface area contributed by atoms with E-state index < -0.39 is 0 Å². The summed E-state index contributed by atoms with van der Waals surface area (Å²) in [5.41, 5.74) is 0.838. The summed E-state index contributed by atoms with van der Waals surface area (Å²) in [5, 5.41) is 15.2. The zero-order valence-corrected chi connectivity index (χ0v) is 9.54. The SMILES string of the molecule is O=C1NCCNC1c1ccc(O)cc1Br. The first kappa shape index (κ1) is 10.4. The van der Waals surface area contributed by atoms with Gasteiger partial charge in [-0.25, -0.2) is 0 Å². The largest absolute Gasteiger partial charge is 0.508 e. The van der Waals surface area contributed by atoms with E-state index in [1.54, 1.807) is 18.2 Å². The number of phenols is 1. The number of hydrogen-bond donors (Lipinski definition) is 3. The van der Waals surface area contributed by atoms with Gasteiger partial charge in [0.2, 0.25) is 5.91 Å². The van der Waals surface area contributed by atoms with Crippen LogP contribution in [0.5, 0.6) is 5.75 Å². The Kier molecular flexibility index (Phi) is 2.93. The topological polar surface area (TPSA) is 61.4 Å². The molecule has 80 valence electrons. The summed E-state index contributed by atoms with van der Waals surface area (Å²) >= 11 is 3.33. The molecule has 0 radical (unpaired) electrons. The van der Waals surface area contributed by atoms with Gasteiger partial charge in [0.15, 0.2) is 0 Å². The normalized spacial score (nSPS) is 21.1. The van der Waals surface area contributed by atoms with Crippen LogP contribution in [0, 0.1) is 0 Å². The van der Waals surface area contributed by atoms with Gasteiger partial charge in [-0.3, -0.25) is 4.79 Å². The van der Waals surface area contributed by atoms with Gasteiger partial charge in [0, 0.05) is 17.6 Å². The van der Waals surface area contributed by atoms with Gasteiger partial charge in [0.05, 0.1) is 0 Å². The fourth-order valence-electron chi connectivity index (χ4n) is 1.60. The minimum absolute atomic E-state index is 0.0346. The molecule has 0 saturated carbocycles. The lowest BCUT2D eigenvalue weighted by molar-refractivity contribution is -0.124. The predicted octanol–water partition coefficient (Wildman–Crippen LogP) is 0.915. The molecule has 1 unspecified atom stereocenters. The van der Waals surface area contributed by atoms with E-state index in [1.165, 1.54) is 0 Å². The van der Waals surface area contributed by atoms with Crippen LogP contribution in [0.15, 0.2) is 22.7 Å². The lowest BCUT2D eigenvalue weighted by Crippen LogP contribution is -2.47. The van der Waals surface area contributed by atoms with E-state index in [9.17, 15) is 9.90 Å². The summed E-state index contributed by atoms with van der Waals surface area (Å²) in [6.45, 7) is 1.41. The third-order valence-electron chi connectivity index (χ3n) is 2.33. The highest BCUT2D eigenvalue weighted by molar-refractivity contribution is 9.10. The third-order valence-corrected chi connectivity index (χ3v) is 3.02. The smallest absolute Gasteiger partial charge is 0.241 e. The van der Waals surface area contributed by atoms with Crippen LogP contribution in [0.2, 0.25) is 0 Å². The van der Waals surface area contributed by atoms with Crippen LogP contribution in [0.4, 0.5) is 0 Å². The number of amides is 1. The minimum atomic E-state index is -0.339. The van der Waals surface area contributed by atoms with E-state index in [-0.39, 0.29) is 17.7 Å². The van der Waals surface area contributed by atoms with E-state index in [1.807, 2.05) is 0 Å². The molecule has 1 aromatic rings. The van der Waals surface area contributed by atoms with Crippen LogP contribution in [0.25, 0.3) is 0 Å². The second kappa shape index (κ2) is 4.20. The summed E-state index contributed by atoms with van der Waals surface area (Å²) in [6.07, 6.45) is 0. The van der Waals surface area contributed by atoms with Gasteiger partial charge in [0.25, 0.3) is 0 Å². The monoisotopic (exact) mass is 270 g/mol. The summed E-state index contributed by atoms with van der Waals surface area (Å²) in [5.74, 6) is 0.148. The minimum Gasteiger partial charge on any atom is -0.508 e. The van der Waals surface area contributed by atoms with Gasteiger partial charge in [0.1, 0.15) is 11.8 Å². The Morgan fingerprint density at radius 1 is 1.40 bits per heavy atom. The maximum Gasteiger partial charge on any atom is 0.241 e. The molecule has 15 heavy (non-hydrogen) atoms. The zero-order chi connectivity index (χ0) is 10.8. The molecule has 0 spiro atoms. The van der Waals surface area contributed by atoms with E-state index in [0.717, 1.165) is 16.6 Å². The average Bonchev–Trinajstić information content (AvgIpc) is 2.20. The van der Waals surface area contributed by atoms with Crippen LogP contribution < -0.4 is 10.6 Å². The Balaban J connectivity index is 2.31. The molecule has 1 atom stereocenters. The van der Waals surface area contributed by atoms with Crippen molar-refractivity contribution >= 4 is 21.8 Å². The molecule has 3 N–H and O–H groups in total. The molecule has 1 amide bonds. The number of aromatic hydroxyl groups is 1. The van der Waals surface area contributed by atoms with Crippen molar-refractivity contribution in [3.05, 3.63) is 28.2 Å². The van der Waals surface area contributed by atoms with Crippen LogP contribution in [0.3, 0.4) is 0 Å². The second-order valence-corrected chi connectivity index (χ2v) is 4.24. The maximum absolute atomic E-state index is 11.6. The summed E-state index contributed by atoms with van der Waals surface area (Å²) in [7, 11) is 0. The number of hydrogen-bond acceptors (Lipinski definition) is 3. The first-order chi connectivity index (χ1) is 7.18. The van der Waals surface area contributed by atoms with Gasteiger partial charge < -0.3 is 15.7 Å². The van der Waals surface area contributed by atoms with Gasteiger partial charge in [-0.1, -0.05) is 22.0 Å². The molecular formula is C10H11BrN2O2. The fourth-order valence-corrected chi connectivity index (χ4v) is 2.19. The Hall–Kier alpha value is -1.07. The van der Waals surface area contributed by atoms with Crippen molar-refractivity contribution in [2.75, 3.05) is 13.1 Å². The Morgan fingerprint density at radius 2 is 2.20 bits per heavy atom. The van der Waals surface area contributed by atoms with Crippen molar-refractivity contribution in [2.45, 2.75) is 6.04 Å². The van der Waals surface area contributed by atoms with Gasteiger partial charge in [-0.2, -0.15) is 0 Å². The first-order valence-electron chi connectivity index (χ1n) is 4.68. The molecule has 1 aliphatic heterocycles. The molecule has 1 saturated heterocycles. The van der Waals surface area contributed by atoms with Crippen molar-refractivity contribution < 1.29 is 9.90 Å². The number of nitrogens with one attached hydrogen (secondary N) is 2. The first-order valence-corrected chi connectivity index (χ1v) is 5.47. The van der Waals surface area contributed by atoms with Crippen LogP contribution >= 0.6 is 15.9 Å². The van der Waals surface area contributed by atoms with Gasteiger partial charge in [-0.05, 0) is 17.7 Å². The molecule has 2 rings (SSSR count). The predicted molar refractivity (Wildman–Crippen MR) is 59.6 cm³/mol. The number of phenolic OH excluding ortho intramolecular Hbond substituents is 1. The van der Waals surface area contributed by atoms with Gasteiger partial charge >= 0.3 is 0 Å². The van der Waals surface area contributed by atoms with Crippen LogP contribution in [0.1, 0.15) is 11.6 Å². The highest BCUT2D eigenvalue weighted by atomic mass is 79.9. The highest BCUT2D eigenvalue weighted by Gasteiger charge is 2.24. The van der Waals surface area contributed by atoms with E-state index >= 15 is 0 Å². The molecule has 4 nitrogen and oxygen atoms in total. The zero-order valence-electron chi connectivity index (χ0n) is 7.96. The van der Waals surface area contributed by atoms with Crippen LogP contribution in [-0.4, -0.2) is 24.1 Å². The molecule has 5 heteroatoms. The molecule has 1 fully saturated rings. The highest BCUT2D eigenvalue weighted by Crippen LogP contribution is 2.27. The van der Waals surface area contributed by atoms with E-state index in [4.69, 9.17) is 0 Å². The molecule has 1 heterocycles. The molecule has 1 aromatic carbocycles. The maximum atomic E-state index is 11.6. The molecule has 0 aliphatic carbocycles. The molecule has 0 aromatic heterocycles. The Morgan fingerprint density at radius 3 is 2.87 bits per heavy atom. The summed E-state index contributed by atoms with van der Waals surface area (Å²) in [6, 6.07) is 4.55. The molecule has 0 bridgehead atoms. The third kappa shape index (κ3) is 2.13. The van der Waals surface area contributed by atoms with Crippen molar-refractivity contribution in [2.24, 2.45) is 0 Å². The van der Waals surface area contributed by atoms with E-state index in [2.05, 4.69) is 26.6 Å². The Labute approximate surface area is 95.8 Å². The number of rotatable bonds is 1. The average molecular weight is 271 g/mol. The van der Waals surface area contributed by atoms with Crippen molar-refractivity contribution in [3.63, 3.8) is 0 Å². The molecular weight excluding hydrogens is 260 g/mol. The number of piperazine rings is 1. The summed E-state index contributed by atoms with van der Waals surface area (Å²) < 4.78 is 0.733. The Bertz CT molecular complexity index is 395. The van der Waals surface area contributed by atoms with Crippen molar-refractivity contribution in [1.29, 1.82) is 0 Å².